The average molecular weight is 410 g/mol. The zero-order valence-corrected chi connectivity index (χ0v) is 14.7. The van der Waals surface area contributed by atoms with E-state index in [1.807, 2.05) is 24.3 Å². The summed E-state index contributed by atoms with van der Waals surface area (Å²) < 4.78 is 0.959. The van der Waals surface area contributed by atoms with E-state index in [0.717, 1.165) is 15.0 Å². The first-order chi connectivity index (χ1) is 11.1. The van der Waals surface area contributed by atoms with E-state index in [2.05, 4.69) is 36.8 Å². The topological polar surface area (TPSA) is 66.9 Å². The predicted octanol–water partition coefficient (Wildman–Crippen LogP) is 5.27. The van der Waals surface area contributed by atoms with E-state index in [-0.39, 0.29) is 6.03 Å². The summed E-state index contributed by atoms with van der Waals surface area (Å²) in [5.74, 6) is 0. The zero-order chi connectivity index (χ0) is 16.2. The van der Waals surface area contributed by atoms with Gasteiger partial charge in [-0.3, -0.25) is 5.32 Å². The molecule has 1 heterocycles. The van der Waals surface area contributed by atoms with E-state index in [1.165, 1.54) is 11.3 Å². The minimum Gasteiger partial charge on any atom is -0.308 e. The van der Waals surface area contributed by atoms with Crippen molar-refractivity contribution in [3.63, 3.8) is 0 Å². The van der Waals surface area contributed by atoms with Gasteiger partial charge in [-0.15, -0.1) is 10.2 Å². The van der Waals surface area contributed by atoms with Crippen molar-refractivity contribution in [1.82, 2.24) is 10.2 Å². The number of aromatic nitrogens is 2. The maximum Gasteiger partial charge on any atom is 0.325 e. The highest BCUT2D eigenvalue weighted by molar-refractivity contribution is 9.10. The molecule has 0 unspecified atom stereocenters. The van der Waals surface area contributed by atoms with Crippen molar-refractivity contribution in [3.05, 3.63) is 58.0 Å². The number of halogens is 2. The second-order valence-corrected chi connectivity index (χ2v) is 6.84. The summed E-state index contributed by atoms with van der Waals surface area (Å²) in [4.78, 5) is 11.9. The lowest BCUT2D eigenvalue weighted by atomic mass is 10.2. The summed E-state index contributed by atoms with van der Waals surface area (Å²) in [5.41, 5.74) is 1.58. The zero-order valence-electron chi connectivity index (χ0n) is 11.6. The normalized spacial score (nSPS) is 10.3. The summed E-state index contributed by atoms with van der Waals surface area (Å²) in [7, 11) is 0. The van der Waals surface area contributed by atoms with E-state index in [0.29, 0.717) is 15.8 Å². The van der Waals surface area contributed by atoms with Crippen LogP contribution in [0.1, 0.15) is 0 Å². The monoisotopic (exact) mass is 408 g/mol. The number of nitrogens with zero attached hydrogens (tertiary/aromatic N) is 2. The number of hydrogen-bond acceptors (Lipinski definition) is 4. The fraction of sp³-hybridized carbons (Fsp3) is 0. The van der Waals surface area contributed by atoms with Crippen LogP contribution in [0.25, 0.3) is 10.6 Å². The first kappa shape index (κ1) is 15.9. The van der Waals surface area contributed by atoms with Gasteiger partial charge in [-0.1, -0.05) is 51.0 Å². The number of amides is 2. The Labute approximate surface area is 149 Å². The van der Waals surface area contributed by atoms with Gasteiger partial charge in [-0.2, -0.15) is 0 Å². The Morgan fingerprint density at radius 1 is 1.09 bits per heavy atom. The molecule has 0 aliphatic carbocycles. The molecule has 0 radical (unpaired) electrons. The maximum absolute atomic E-state index is 11.9. The van der Waals surface area contributed by atoms with Crippen molar-refractivity contribution in [2.45, 2.75) is 0 Å². The first-order valence-electron chi connectivity index (χ1n) is 6.53. The van der Waals surface area contributed by atoms with Crippen LogP contribution in [0.15, 0.2) is 53.0 Å². The van der Waals surface area contributed by atoms with Gasteiger partial charge < -0.3 is 5.32 Å². The molecule has 0 aliphatic heterocycles. The number of urea groups is 1. The van der Waals surface area contributed by atoms with Crippen molar-refractivity contribution in [3.8, 4) is 10.6 Å². The summed E-state index contributed by atoms with van der Waals surface area (Å²) in [6.45, 7) is 0. The second-order valence-electron chi connectivity index (χ2n) is 4.51. The van der Waals surface area contributed by atoms with Crippen LogP contribution in [-0.4, -0.2) is 16.2 Å². The van der Waals surface area contributed by atoms with Gasteiger partial charge >= 0.3 is 6.03 Å². The minimum atomic E-state index is -0.385. The van der Waals surface area contributed by atoms with E-state index in [4.69, 9.17) is 11.6 Å². The first-order valence-corrected chi connectivity index (χ1v) is 8.52. The predicted molar refractivity (Wildman–Crippen MR) is 97.1 cm³/mol. The molecular weight excluding hydrogens is 400 g/mol. The highest BCUT2D eigenvalue weighted by Crippen LogP contribution is 2.28. The highest BCUT2D eigenvalue weighted by Gasteiger charge is 2.10. The van der Waals surface area contributed by atoms with Gasteiger partial charge in [0.2, 0.25) is 5.13 Å². The molecule has 8 heteroatoms. The standard InChI is InChI=1S/C15H10BrClN4OS/c16-10-3-1-2-9(8-10)13-20-21-15(23-13)19-14(22)18-12-6-4-11(17)5-7-12/h1-8H,(H2,18,19,21,22). The van der Waals surface area contributed by atoms with Crippen LogP contribution in [-0.2, 0) is 0 Å². The third-order valence-electron chi connectivity index (χ3n) is 2.82. The van der Waals surface area contributed by atoms with Crippen molar-refractivity contribution >= 4 is 55.7 Å². The van der Waals surface area contributed by atoms with E-state index >= 15 is 0 Å². The number of anilines is 2. The Hall–Kier alpha value is -1.96. The third-order valence-corrected chi connectivity index (χ3v) is 4.45. The molecule has 0 atom stereocenters. The molecule has 3 rings (SSSR count). The average Bonchev–Trinajstić information content (AvgIpc) is 2.98. The molecule has 5 nitrogen and oxygen atoms in total. The Morgan fingerprint density at radius 3 is 2.61 bits per heavy atom. The lowest BCUT2D eigenvalue weighted by Gasteiger charge is -2.04. The Kier molecular flexibility index (Phi) is 4.90. The smallest absolute Gasteiger partial charge is 0.308 e. The van der Waals surface area contributed by atoms with Crippen LogP contribution < -0.4 is 10.6 Å². The quantitative estimate of drug-likeness (QED) is 0.619. The van der Waals surface area contributed by atoms with E-state index in [1.54, 1.807) is 24.3 Å². The number of rotatable bonds is 3. The van der Waals surface area contributed by atoms with Crippen LogP contribution in [0.5, 0.6) is 0 Å². The molecule has 0 aliphatic rings. The minimum absolute atomic E-state index is 0.385. The summed E-state index contributed by atoms with van der Waals surface area (Å²) >= 11 is 10.5. The Bertz CT molecular complexity index is 838. The Balaban J connectivity index is 1.66. The van der Waals surface area contributed by atoms with Crippen molar-refractivity contribution in [2.75, 3.05) is 10.6 Å². The molecule has 0 saturated carbocycles. The molecule has 23 heavy (non-hydrogen) atoms. The third kappa shape index (κ3) is 4.28. The molecular formula is C15H10BrClN4OS. The molecule has 3 aromatic rings. The highest BCUT2D eigenvalue weighted by atomic mass is 79.9. The van der Waals surface area contributed by atoms with Gasteiger partial charge in [0.15, 0.2) is 0 Å². The molecule has 0 bridgehead atoms. The largest absolute Gasteiger partial charge is 0.325 e. The van der Waals surface area contributed by atoms with Gasteiger partial charge in [-0.25, -0.2) is 4.79 Å². The van der Waals surface area contributed by atoms with Gasteiger partial charge in [-0.05, 0) is 36.4 Å². The van der Waals surface area contributed by atoms with Crippen LogP contribution in [0.3, 0.4) is 0 Å². The van der Waals surface area contributed by atoms with Crippen LogP contribution in [0.2, 0.25) is 5.02 Å². The van der Waals surface area contributed by atoms with Crippen LogP contribution in [0.4, 0.5) is 15.6 Å². The molecule has 0 fully saturated rings. The van der Waals surface area contributed by atoms with Crippen molar-refractivity contribution in [2.24, 2.45) is 0 Å². The summed E-state index contributed by atoms with van der Waals surface area (Å²) in [5, 5.41) is 15.2. The van der Waals surface area contributed by atoms with Crippen molar-refractivity contribution in [1.29, 1.82) is 0 Å². The maximum atomic E-state index is 11.9. The molecule has 116 valence electrons. The fourth-order valence-electron chi connectivity index (χ4n) is 1.80. The lowest BCUT2D eigenvalue weighted by Crippen LogP contribution is -2.19. The fourth-order valence-corrected chi connectivity index (χ4v) is 3.06. The number of hydrogen-bond donors (Lipinski definition) is 2. The molecule has 2 N–H and O–H groups in total. The number of carbonyl (C=O) groups excluding carboxylic acids is 1. The number of nitrogens with one attached hydrogen (secondary N) is 2. The molecule has 0 saturated heterocycles. The number of benzene rings is 2. The number of carbonyl (C=O) groups is 1. The van der Waals surface area contributed by atoms with E-state index in [9.17, 15) is 4.79 Å². The lowest BCUT2D eigenvalue weighted by molar-refractivity contribution is 0.262. The van der Waals surface area contributed by atoms with Crippen molar-refractivity contribution < 1.29 is 4.79 Å². The van der Waals surface area contributed by atoms with Crippen LogP contribution in [0, 0.1) is 0 Å². The Morgan fingerprint density at radius 2 is 1.87 bits per heavy atom. The second kappa shape index (κ2) is 7.08. The summed E-state index contributed by atoms with van der Waals surface area (Å²) in [6.07, 6.45) is 0. The molecule has 2 aromatic carbocycles. The SMILES string of the molecule is O=C(Nc1ccc(Cl)cc1)Nc1nnc(-c2cccc(Br)c2)s1. The van der Waals surface area contributed by atoms with Gasteiger partial charge in [0.1, 0.15) is 5.01 Å². The van der Waals surface area contributed by atoms with Crippen LogP contribution >= 0.6 is 38.9 Å². The van der Waals surface area contributed by atoms with Gasteiger partial charge in [0, 0.05) is 20.7 Å². The molecule has 0 spiro atoms. The van der Waals surface area contributed by atoms with Gasteiger partial charge in [0.25, 0.3) is 0 Å². The van der Waals surface area contributed by atoms with Gasteiger partial charge in [0.05, 0.1) is 0 Å². The van der Waals surface area contributed by atoms with E-state index < -0.39 is 0 Å². The molecule has 1 aromatic heterocycles. The summed E-state index contributed by atoms with van der Waals surface area (Å²) in [6, 6.07) is 14.2. The molecule has 2 amide bonds.